The molecule has 0 bridgehead atoms. The summed E-state index contributed by atoms with van der Waals surface area (Å²) in [5.41, 5.74) is 0. The molecular formula is C13H17F5O8S. The summed E-state index contributed by atoms with van der Waals surface area (Å²) in [6.07, 6.45) is -5.79. The van der Waals surface area contributed by atoms with Gasteiger partial charge in [0, 0.05) is 0 Å². The monoisotopic (exact) mass is 428 g/mol. The third kappa shape index (κ3) is 5.48. The van der Waals surface area contributed by atoms with E-state index in [-0.39, 0.29) is 12.8 Å². The topological polar surface area (TPSA) is 127 Å². The SMILES string of the molecule is O=C(OC(OCCC(F)(F)S(=O)(=O)O)(C(=O)O)C(F)(F)F)C1CCCCC1. The molecule has 158 valence electrons. The molecule has 2 N–H and O–H groups in total. The quantitative estimate of drug-likeness (QED) is 0.261. The van der Waals surface area contributed by atoms with Crippen molar-refractivity contribution < 1.29 is 59.1 Å². The van der Waals surface area contributed by atoms with E-state index < -0.39 is 58.2 Å². The first-order valence-electron chi connectivity index (χ1n) is 7.66. The van der Waals surface area contributed by atoms with Gasteiger partial charge in [0.15, 0.2) is 0 Å². The molecule has 0 saturated heterocycles. The highest BCUT2D eigenvalue weighted by Crippen LogP contribution is 2.38. The van der Waals surface area contributed by atoms with Gasteiger partial charge in [-0.25, -0.2) is 4.79 Å². The van der Waals surface area contributed by atoms with Gasteiger partial charge in [-0.15, -0.1) is 0 Å². The van der Waals surface area contributed by atoms with Crippen LogP contribution in [-0.2, 0) is 29.2 Å². The van der Waals surface area contributed by atoms with E-state index in [1.165, 1.54) is 0 Å². The fraction of sp³-hybridized carbons (Fsp3) is 0.846. The molecule has 0 aliphatic heterocycles. The van der Waals surface area contributed by atoms with E-state index in [4.69, 9.17) is 9.66 Å². The highest BCUT2D eigenvalue weighted by Gasteiger charge is 2.67. The molecule has 0 aromatic rings. The second kappa shape index (κ2) is 8.22. The zero-order valence-electron chi connectivity index (χ0n) is 13.7. The van der Waals surface area contributed by atoms with Crippen LogP contribution in [0.5, 0.6) is 0 Å². The van der Waals surface area contributed by atoms with Crippen LogP contribution in [0, 0.1) is 5.92 Å². The number of alkyl halides is 5. The van der Waals surface area contributed by atoms with Gasteiger partial charge in [-0.1, -0.05) is 19.3 Å². The minimum Gasteiger partial charge on any atom is -0.476 e. The Morgan fingerprint density at radius 1 is 1.04 bits per heavy atom. The fourth-order valence-electron chi connectivity index (χ4n) is 2.40. The van der Waals surface area contributed by atoms with Crippen LogP contribution in [0.2, 0.25) is 0 Å². The van der Waals surface area contributed by atoms with Gasteiger partial charge in [0.05, 0.1) is 18.9 Å². The molecule has 1 aliphatic carbocycles. The summed E-state index contributed by atoms with van der Waals surface area (Å²) in [5.74, 6) is -9.94. The van der Waals surface area contributed by atoms with Crippen molar-refractivity contribution in [3.63, 3.8) is 0 Å². The number of hydrogen-bond donors (Lipinski definition) is 2. The van der Waals surface area contributed by atoms with Crippen molar-refractivity contribution in [1.29, 1.82) is 0 Å². The van der Waals surface area contributed by atoms with Crippen molar-refractivity contribution in [3.8, 4) is 0 Å². The Balaban J connectivity index is 3.01. The number of esters is 1. The van der Waals surface area contributed by atoms with Gasteiger partial charge in [-0.2, -0.15) is 30.4 Å². The largest absolute Gasteiger partial charge is 0.476 e. The first-order valence-corrected chi connectivity index (χ1v) is 9.10. The molecule has 0 spiro atoms. The second-order valence-corrected chi connectivity index (χ2v) is 7.43. The van der Waals surface area contributed by atoms with Crippen LogP contribution in [0.4, 0.5) is 22.0 Å². The molecule has 1 rings (SSSR count). The summed E-state index contributed by atoms with van der Waals surface area (Å²) in [7, 11) is -5.97. The normalized spacial score (nSPS) is 19.3. The predicted octanol–water partition coefficient (Wildman–Crippen LogP) is 2.34. The number of carbonyl (C=O) groups is 2. The van der Waals surface area contributed by atoms with E-state index in [1.54, 1.807) is 0 Å². The molecule has 14 heteroatoms. The molecule has 1 atom stereocenters. The van der Waals surface area contributed by atoms with Crippen LogP contribution in [0.1, 0.15) is 38.5 Å². The van der Waals surface area contributed by atoms with E-state index in [0.717, 1.165) is 6.42 Å². The standard InChI is InChI=1S/C13H17F5O8S/c14-11(15,27(22,23)24)6-7-25-12(10(20)21,13(16,17)18)26-9(19)8-4-2-1-3-5-8/h8H,1-7H2,(H,20,21)(H,22,23,24). The lowest BCUT2D eigenvalue weighted by atomic mass is 9.89. The van der Waals surface area contributed by atoms with Gasteiger partial charge >= 0.3 is 39.3 Å². The molecule has 0 amide bonds. The van der Waals surface area contributed by atoms with Crippen LogP contribution in [0.25, 0.3) is 0 Å². The smallest absolute Gasteiger partial charge is 0.468 e. The number of carboxylic acid groups (broad SMARTS) is 1. The third-order valence-electron chi connectivity index (χ3n) is 3.91. The average molecular weight is 428 g/mol. The summed E-state index contributed by atoms with van der Waals surface area (Å²) >= 11 is 0. The van der Waals surface area contributed by atoms with Gasteiger partial charge < -0.3 is 14.6 Å². The van der Waals surface area contributed by atoms with Gasteiger partial charge in [0.1, 0.15) is 0 Å². The Hall–Kier alpha value is -1.54. The Morgan fingerprint density at radius 3 is 1.96 bits per heavy atom. The van der Waals surface area contributed by atoms with E-state index in [2.05, 4.69) is 9.47 Å². The van der Waals surface area contributed by atoms with Gasteiger partial charge in [0.25, 0.3) is 0 Å². The maximum Gasteiger partial charge on any atom is 0.468 e. The summed E-state index contributed by atoms with van der Waals surface area (Å²) in [5, 5.41) is 4.03. The first kappa shape index (κ1) is 23.5. The van der Waals surface area contributed by atoms with E-state index in [1.807, 2.05) is 0 Å². The predicted molar refractivity (Wildman–Crippen MR) is 76.2 cm³/mol. The molecule has 0 heterocycles. The number of aliphatic carboxylic acids is 1. The van der Waals surface area contributed by atoms with Crippen molar-refractivity contribution in [2.75, 3.05) is 6.61 Å². The van der Waals surface area contributed by atoms with Crippen molar-refractivity contribution in [2.24, 2.45) is 5.92 Å². The summed E-state index contributed by atoms with van der Waals surface area (Å²) in [6, 6.07) is 0. The third-order valence-corrected chi connectivity index (χ3v) is 4.87. The van der Waals surface area contributed by atoms with Crippen molar-refractivity contribution >= 4 is 22.1 Å². The summed E-state index contributed by atoms with van der Waals surface area (Å²) in [4.78, 5) is 23.1. The number of carboxylic acids is 1. The number of carbonyl (C=O) groups excluding carboxylic acids is 1. The maximum atomic E-state index is 13.3. The minimum absolute atomic E-state index is 0.160. The number of ether oxygens (including phenoxy) is 2. The van der Waals surface area contributed by atoms with E-state index >= 15 is 0 Å². The first-order chi connectivity index (χ1) is 12.1. The number of halogens is 5. The Morgan fingerprint density at radius 2 is 1.56 bits per heavy atom. The van der Waals surface area contributed by atoms with E-state index in [0.29, 0.717) is 12.8 Å². The highest BCUT2D eigenvalue weighted by atomic mass is 32.2. The van der Waals surface area contributed by atoms with Crippen LogP contribution in [-0.4, -0.2) is 53.8 Å². The molecule has 0 aromatic heterocycles. The van der Waals surface area contributed by atoms with Crippen molar-refractivity contribution in [3.05, 3.63) is 0 Å². The number of hydrogen-bond acceptors (Lipinski definition) is 6. The minimum atomic E-state index is -5.97. The van der Waals surface area contributed by atoms with Crippen LogP contribution in [0.3, 0.4) is 0 Å². The van der Waals surface area contributed by atoms with Crippen LogP contribution in [0.15, 0.2) is 0 Å². The molecule has 8 nitrogen and oxygen atoms in total. The fourth-order valence-corrected chi connectivity index (χ4v) is 2.74. The molecule has 0 aromatic carbocycles. The summed E-state index contributed by atoms with van der Waals surface area (Å²) < 4.78 is 103. The van der Waals surface area contributed by atoms with Gasteiger partial charge in [0.2, 0.25) is 0 Å². The highest BCUT2D eigenvalue weighted by molar-refractivity contribution is 7.86. The molecule has 27 heavy (non-hydrogen) atoms. The number of rotatable bonds is 8. The molecule has 1 unspecified atom stereocenters. The Kier molecular flexibility index (Phi) is 7.16. The molecule has 1 aliphatic rings. The van der Waals surface area contributed by atoms with E-state index in [9.17, 15) is 40.0 Å². The Bertz CT molecular complexity index is 656. The molecular weight excluding hydrogens is 411 g/mol. The summed E-state index contributed by atoms with van der Waals surface area (Å²) in [6.45, 7) is -1.80. The molecule has 1 fully saturated rings. The zero-order valence-corrected chi connectivity index (χ0v) is 14.5. The van der Waals surface area contributed by atoms with Crippen LogP contribution >= 0.6 is 0 Å². The van der Waals surface area contributed by atoms with Crippen molar-refractivity contribution in [2.45, 2.75) is 55.7 Å². The zero-order chi connectivity index (χ0) is 21.1. The lowest BCUT2D eigenvalue weighted by molar-refractivity contribution is -0.356. The molecule has 1 saturated carbocycles. The second-order valence-electron chi connectivity index (χ2n) is 5.89. The van der Waals surface area contributed by atoms with Gasteiger partial charge in [-0.3, -0.25) is 9.35 Å². The Labute approximate surface area is 150 Å². The lowest BCUT2D eigenvalue weighted by Gasteiger charge is -2.32. The van der Waals surface area contributed by atoms with Crippen LogP contribution < -0.4 is 0 Å². The average Bonchev–Trinajstić information content (AvgIpc) is 2.52. The van der Waals surface area contributed by atoms with Gasteiger partial charge in [-0.05, 0) is 12.8 Å². The lowest BCUT2D eigenvalue weighted by Crippen LogP contribution is -2.58. The molecule has 0 radical (unpaired) electrons. The maximum absolute atomic E-state index is 13.3. The van der Waals surface area contributed by atoms with Crippen molar-refractivity contribution in [1.82, 2.24) is 0 Å².